The number of nitrogens with two attached hydrogens (primary N) is 2. The number of anilines is 2. The summed E-state index contributed by atoms with van der Waals surface area (Å²) in [6, 6.07) is 37.1. The SMILES string of the molecule is CCCCCCCCC1CCC(c2ccc(C(CCCCC)c3ccc(N)cc3)cc2)(c2ccc(C(CCCCC)c3ccc(N)cc3)cc2)CC1. The molecule has 2 nitrogen and oxygen atoms in total. The minimum atomic E-state index is 0.0620. The third-order valence-corrected chi connectivity index (χ3v) is 12.5. The fraction of sp³-hybridized carbons (Fsp3) is 0.520. The third kappa shape index (κ3) is 10.8. The van der Waals surface area contributed by atoms with E-state index in [2.05, 4.69) is 118 Å². The molecule has 4 N–H and O–H groups in total. The van der Waals surface area contributed by atoms with Gasteiger partial charge < -0.3 is 11.5 Å². The van der Waals surface area contributed by atoms with E-state index in [9.17, 15) is 0 Å². The van der Waals surface area contributed by atoms with E-state index in [1.807, 2.05) is 0 Å². The molecule has 1 aliphatic rings. The van der Waals surface area contributed by atoms with Gasteiger partial charge in [0.1, 0.15) is 0 Å². The second-order valence-electron chi connectivity index (χ2n) is 16.3. The summed E-state index contributed by atoms with van der Waals surface area (Å²) in [6.45, 7) is 6.91. The lowest BCUT2D eigenvalue weighted by atomic mass is 9.62. The predicted octanol–water partition coefficient (Wildman–Crippen LogP) is 14.5. The highest BCUT2D eigenvalue weighted by atomic mass is 14.5. The molecule has 1 aliphatic carbocycles. The highest BCUT2D eigenvalue weighted by Crippen LogP contribution is 2.48. The zero-order valence-electron chi connectivity index (χ0n) is 33.1. The lowest BCUT2D eigenvalue weighted by molar-refractivity contribution is 0.250. The molecule has 4 aromatic carbocycles. The normalized spacial score (nSPS) is 18.6. The summed E-state index contributed by atoms with van der Waals surface area (Å²) in [5.74, 6) is 1.67. The molecule has 2 heteroatoms. The predicted molar refractivity (Wildman–Crippen MR) is 227 cm³/mol. The number of hydrogen-bond donors (Lipinski definition) is 2. The molecule has 0 heterocycles. The van der Waals surface area contributed by atoms with E-state index in [4.69, 9.17) is 11.5 Å². The molecule has 0 aliphatic heterocycles. The summed E-state index contributed by atoms with van der Waals surface area (Å²) in [5, 5.41) is 0. The maximum absolute atomic E-state index is 6.10. The second-order valence-corrected chi connectivity index (χ2v) is 16.3. The van der Waals surface area contributed by atoms with Crippen LogP contribution < -0.4 is 11.5 Å². The molecule has 280 valence electrons. The van der Waals surface area contributed by atoms with E-state index in [0.29, 0.717) is 11.8 Å². The number of nitrogen functional groups attached to an aromatic ring is 2. The molecular formula is C50H70N2. The Bertz CT molecular complexity index is 1440. The van der Waals surface area contributed by atoms with Crippen LogP contribution in [0.15, 0.2) is 97.1 Å². The molecule has 0 radical (unpaired) electrons. The van der Waals surface area contributed by atoms with Gasteiger partial charge in [0.25, 0.3) is 0 Å². The van der Waals surface area contributed by atoms with Gasteiger partial charge in [0, 0.05) is 28.6 Å². The highest BCUT2D eigenvalue weighted by molar-refractivity contribution is 5.47. The fourth-order valence-corrected chi connectivity index (χ4v) is 9.19. The van der Waals surface area contributed by atoms with Gasteiger partial charge >= 0.3 is 0 Å². The minimum absolute atomic E-state index is 0.0620. The van der Waals surface area contributed by atoms with Crippen molar-refractivity contribution in [2.45, 2.75) is 160 Å². The zero-order valence-corrected chi connectivity index (χ0v) is 33.1. The molecule has 2 unspecified atom stereocenters. The number of rotatable bonds is 21. The molecule has 2 atom stereocenters. The molecule has 0 saturated heterocycles. The summed E-state index contributed by atoms with van der Waals surface area (Å²) in [5.41, 5.74) is 22.6. The van der Waals surface area contributed by atoms with Crippen molar-refractivity contribution in [1.29, 1.82) is 0 Å². The Morgan fingerprint density at radius 1 is 0.462 bits per heavy atom. The number of hydrogen-bond acceptors (Lipinski definition) is 2. The van der Waals surface area contributed by atoms with Gasteiger partial charge in [-0.3, -0.25) is 0 Å². The number of unbranched alkanes of at least 4 members (excludes halogenated alkanes) is 9. The summed E-state index contributed by atoms with van der Waals surface area (Å²) in [7, 11) is 0. The van der Waals surface area contributed by atoms with Crippen LogP contribution in [0.25, 0.3) is 0 Å². The van der Waals surface area contributed by atoms with Crippen molar-refractivity contribution in [3.05, 3.63) is 130 Å². The molecule has 0 spiro atoms. The Balaban J connectivity index is 1.42. The van der Waals surface area contributed by atoms with E-state index in [-0.39, 0.29) is 5.41 Å². The van der Waals surface area contributed by atoms with Gasteiger partial charge in [-0.05, 0) is 102 Å². The standard InChI is InChI=1S/C50H70N2/c1-4-7-10-11-12-15-16-39-35-37-50(38-36-39,44-27-19-40(20-28-44)48(17-13-8-5-2)42-23-31-46(51)32-24-42)45-29-21-41(22-30-45)49(18-14-9-6-3)43-25-33-47(52)34-26-43/h19-34,39,48-49H,4-18,35-38,51-52H2,1-3H3. The van der Waals surface area contributed by atoms with Gasteiger partial charge in [0.15, 0.2) is 0 Å². The Kier molecular flexibility index (Phi) is 15.8. The first-order valence-electron chi connectivity index (χ1n) is 21.4. The van der Waals surface area contributed by atoms with E-state index >= 15 is 0 Å². The zero-order chi connectivity index (χ0) is 36.6. The van der Waals surface area contributed by atoms with Gasteiger partial charge in [0.2, 0.25) is 0 Å². The topological polar surface area (TPSA) is 52.0 Å². The molecule has 1 fully saturated rings. The van der Waals surface area contributed by atoms with Crippen LogP contribution in [0.5, 0.6) is 0 Å². The average Bonchev–Trinajstić information content (AvgIpc) is 3.18. The summed E-state index contributed by atoms with van der Waals surface area (Å²) in [6.07, 6.45) is 24.8. The van der Waals surface area contributed by atoms with Gasteiger partial charge in [-0.1, -0.05) is 177 Å². The molecule has 0 bridgehead atoms. The maximum Gasteiger partial charge on any atom is 0.0314 e. The van der Waals surface area contributed by atoms with Crippen molar-refractivity contribution in [3.63, 3.8) is 0 Å². The Morgan fingerprint density at radius 3 is 1.21 bits per heavy atom. The van der Waals surface area contributed by atoms with Crippen LogP contribution >= 0.6 is 0 Å². The summed E-state index contributed by atoms with van der Waals surface area (Å²) >= 11 is 0. The van der Waals surface area contributed by atoms with Crippen molar-refractivity contribution in [1.82, 2.24) is 0 Å². The monoisotopic (exact) mass is 699 g/mol. The van der Waals surface area contributed by atoms with E-state index in [0.717, 1.165) is 17.3 Å². The first-order chi connectivity index (χ1) is 25.5. The van der Waals surface area contributed by atoms with Crippen LogP contribution in [0.4, 0.5) is 11.4 Å². The molecule has 52 heavy (non-hydrogen) atoms. The summed E-state index contributed by atoms with van der Waals surface area (Å²) in [4.78, 5) is 0. The van der Waals surface area contributed by atoms with Crippen molar-refractivity contribution in [3.8, 4) is 0 Å². The van der Waals surface area contributed by atoms with Gasteiger partial charge in [-0.2, -0.15) is 0 Å². The van der Waals surface area contributed by atoms with E-state index in [1.165, 1.54) is 155 Å². The van der Waals surface area contributed by atoms with Crippen LogP contribution in [0, 0.1) is 5.92 Å². The van der Waals surface area contributed by atoms with E-state index in [1.54, 1.807) is 0 Å². The smallest absolute Gasteiger partial charge is 0.0314 e. The van der Waals surface area contributed by atoms with Crippen molar-refractivity contribution >= 4 is 11.4 Å². The van der Waals surface area contributed by atoms with Crippen LogP contribution in [0.3, 0.4) is 0 Å². The van der Waals surface area contributed by atoms with Gasteiger partial charge in [-0.25, -0.2) is 0 Å². The van der Waals surface area contributed by atoms with Crippen LogP contribution in [0.2, 0.25) is 0 Å². The molecule has 0 aromatic heterocycles. The third-order valence-electron chi connectivity index (χ3n) is 12.5. The molecule has 1 saturated carbocycles. The van der Waals surface area contributed by atoms with Gasteiger partial charge in [0.05, 0.1) is 0 Å². The lowest BCUT2D eigenvalue weighted by Gasteiger charge is -2.42. The van der Waals surface area contributed by atoms with Crippen LogP contribution in [-0.2, 0) is 5.41 Å². The Labute approximate surface area is 318 Å². The van der Waals surface area contributed by atoms with Crippen LogP contribution in [-0.4, -0.2) is 0 Å². The quantitative estimate of drug-likeness (QED) is 0.0672. The molecular weight excluding hydrogens is 629 g/mol. The molecule has 0 amide bonds. The maximum atomic E-state index is 6.10. The second kappa shape index (κ2) is 20.6. The van der Waals surface area contributed by atoms with Crippen LogP contribution in [0.1, 0.15) is 188 Å². The van der Waals surface area contributed by atoms with Crippen molar-refractivity contribution in [2.75, 3.05) is 11.5 Å². The Morgan fingerprint density at radius 2 is 0.808 bits per heavy atom. The van der Waals surface area contributed by atoms with E-state index < -0.39 is 0 Å². The largest absolute Gasteiger partial charge is 0.399 e. The summed E-state index contributed by atoms with van der Waals surface area (Å²) < 4.78 is 0. The van der Waals surface area contributed by atoms with Crippen molar-refractivity contribution < 1.29 is 0 Å². The number of benzene rings is 4. The fourth-order valence-electron chi connectivity index (χ4n) is 9.19. The minimum Gasteiger partial charge on any atom is -0.399 e. The lowest BCUT2D eigenvalue weighted by Crippen LogP contribution is -2.33. The average molecular weight is 699 g/mol. The molecule has 5 rings (SSSR count). The van der Waals surface area contributed by atoms with Gasteiger partial charge in [-0.15, -0.1) is 0 Å². The Hall–Kier alpha value is -3.52. The molecule has 4 aromatic rings. The highest BCUT2D eigenvalue weighted by Gasteiger charge is 2.38. The van der Waals surface area contributed by atoms with Crippen molar-refractivity contribution in [2.24, 2.45) is 5.92 Å². The first kappa shape index (κ1) is 39.7. The first-order valence-corrected chi connectivity index (χ1v) is 21.4.